The minimum Gasteiger partial charge on any atom is -0.495 e. The third-order valence-corrected chi connectivity index (χ3v) is 4.66. The van der Waals surface area contributed by atoms with Gasteiger partial charge in [-0.15, -0.1) is 0 Å². The molecule has 1 amide bonds. The van der Waals surface area contributed by atoms with E-state index in [4.69, 9.17) is 20.9 Å². The van der Waals surface area contributed by atoms with Gasteiger partial charge in [0.05, 0.1) is 12.8 Å². The highest BCUT2D eigenvalue weighted by Gasteiger charge is 2.13. The molecule has 2 heterocycles. The van der Waals surface area contributed by atoms with Crippen LogP contribution in [0.3, 0.4) is 0 Å². The second kappa shape index (κ2) is 7.67. The van der Waals surface area contributed by atoms with Crippen molar-refractivity contribution in [1.29, 1.82) is 0 Å². The van der Waals surface area contributed by atoms with E-state index in [2.05, 4.69) is 15.5 Å². The highest BCUT2D eigenvalue weighted by Crippen LogP contribution is 2.31. The maximum absolute atomic E-state index is 12.2. The van der Waals surface area contributed by atoms with Gasteiger partial charge in [-0.2, -0.15) is 16.3 Å². The van der Waals surface area contributed by atoms with Gasteiger partial charge in [-0.05, 0) is 30.0 Å². The van der Waals surface area contributed by atoms with Crippen molar-refractivity contribution in [2.45, 2.75) is 19.8 Å². The van der Waals surface area contributed by atoms with E-state index in [1.54, 1.807) is 23.5 Å². The number of methoxy groups -OCH3 is 1. The molecule has 1 aromatic carbocycles. The largest absolute Gasteiger partial charge is 0.495 e. The summed E-state index contributed by atoms with van der Waals surface area (Å²) in [4.78, 5) is 16.5. The monoisotopic (exact) mass is 377 g/mol. The molecule has 0 aliphatic carbocycles. The molecule has 25 heavy (non-hydrogen) atoms. The van der Waals surface area contributed by atoms with Gasteiger partial charge in [0.25, 0.3) is 0 Å². The number of amides is 1. The molecule has 0 aliphatic heterocycles. The number of nitrogens with one attached hydrogen (secondary N) is 1. The molecule has 0 aliphatic rings. The Morgan fingerprint density at radius 2 is 2.28 bits per heavy atom. The quantitative estimate of drug-likeness (QED) is 0.691. The standard InChI is InChI=1S/C17H16ClN3O3S/c1-10-7-13(14(23-2)8-12(10)18)19-15(22)3-4-16-20-17(21-24-16)11-5-6-25-9-11/h5-9H,3-4H2,1-2H3,(H,19,22). The first-order valence-electron chi connectivity index (χ1n) is 7.56. The van der Waals surface area contributed by atoms with Crippen molar-refractivity contribution in [2.24, 2.45) is 0 Å². The fourth-order valence-electron chi connectivity index (χ4n) is 2.23. The lowest BCUT2D eigenvalue weighted by Crippen LogP contribution is -2.13. The highest BCUT2D eigenvalue weighted by molar-refractivity contribution is 7.08. The number of hydrogen-bond donors (Lipinski definition) is 1. The van der Waals surface area contributed by atoms with E-state index in [9.17, 15) is 4.79 Å². The zero-order valence-electron chi connectivity index (χ0n) is 13.7. The van der Waals surface area contributed by atoms with Gasteiger partial charge in [0.1, 0.15) is 5.75 Å². The van der Waals surface area contributed by atoms with E-state index in [-0.39, 0.29) is 12.3 Å². The average molecular weight is 378 g/mol. The Balaban J connectivity index is 1.61. The Morgan fingerprint density at radius 3 is 3.00 bits per heavy atom. The molecular weight excluding hydrogens is 362 g/mol. The van der Waals surface area contributed by atoms with E-state index in [0.29, 0.717) is 34.6 Å². The van der Waals surface area contributed by atoms with E-state index in [1.807, 2.05) is 23.8 Å². The first-order valence-corrected chi connectivity index (χ1v) is 8.88. The van der Waals surface area contributed by atoms with Crippen LogP contribution in [0.5, 0.6) is 5.75 Å². The molecule has 3 aromatic rings. The highest BCUT2D eigenvalue weighted by atomic mass is 35.5. The van der Waals surface area contributed by atoms with Gasteiger partial charge in [0.15, 0.2) is 0 Å². The topological polar surface area (TPSA) is 77.2 Å². The summed E-state index contributed by atoms with van der Waals surface area (Å²) in [5.74, 6) is 1.30. The molecule has 130 valence electrons. The number of thiophene rings is 1. The van der Waals surface area contributed by atoms with Crippen LogP contribution in [0.2, 0.25) is 5.02 Å². The molecule has 6 nitrogen and oxygen atoms in total. The third-order valence-electron chi connectivity index (χ3n) is 3.57. The number of nitrogens with zero attached hydrogens (tertiary/aromatic N) is 2. The summed E-state index contributed by atoms with van der Waals surface area (Å²) >= 11 is 7.63. The van der Waals surface area contributed by atoms with Crippen molar-refractivity contribution in [3.05, 3.63) is 45.4 Å². The van der Waals surface area contributed by atoms with E-state index in [1.165, 1.54) is 7.11 Å². The molecule has 0 fully saturated rings. The summed E-state index contributed by atoms with van der Waals surface area (Å²) in [6, 6.07) is 5.37. The molecule has 0 unspecified atom stereocenters. The summed E-state index contributed by atoms with van der Waals surface area (Å²) in [6.07, 6.45) is 0.577. The van der Waals surface area contributed by atoms with Crippen LogP contribution in [0.15, 0.2) is 33.5 Å². The smallest absolute Gasteiger partial charge is 0.227 e. The van der Waals surface area contributed by atoms with Crippen LogP contribution in [0, 0.1) is 6.92 Å². The van der Waals surface area contributed by atoms with Crippen molar-refractivity contribution < 1.29 is 14.1 Å². The van der Waals surface area contributed by atoms with Crippen molar-refractivity contribution in [2.75, 3.05) is 12.4 Å². The van der Waals surface area contributed by atoms with E-state index >= 15 is 0 Å². The Hall–Kier alpha value is -2.38. The van der Waals surface area contributed by atoms with Gasteiger partial charge in [0, 0.05) is 34.9 Å². The Labute approximate surface area is 153 Å². The van der Waals surface area contributed by atoms with Crippen LogP contribution < -0.4 is 10.1 Å². The van der Waals surface area contributed by atoms with Crippen LogP contribution >= 0.6 is 22.9 Å². The zero-order valence-corrected chi connectivity index (χ0v) is 15.3. The normalized spacial score (nSPS) is 10.7. The lowest BCUT2D eigenvalue weighted by atomic mass is 10.2. The number of benzene rings is 1. The maximum atomic E-state index is 12.2. The molecule has 3 rings (SSSR count). The molecule has 0 bridgehead atoms. The zero-order chi connectivity index (χ0) is 17.8. The van der Waals surface area contributed by atoms with Crippen LogP contribution in [0.25, 0.3) is 11.4 Å². The SMILES string of the molecule is COc1cc(Cl)c(C)cc1NC(=O)CCc1nc(-c2ccsc2)no1. The van der Waals surface area contributed by atoms with Gasteiger partial charge < -0.3 is 14.6 Å². The Morgan fingerprint density at radius 1 is 1.44 bits per heavy atom. The number of halogens is 1. The second-order valence-corrected chi connectivity index (χ2v) is 6.56. The number of hydrogen-bond acceptors (Lipinski definition) is 6. The number of carbonyl (C=O) groups is 1. The summed E-state index contributed by atoms with van der Waals surface area (Å²) in [7, 11) is 1.53. The molecule has 0 spiro atoms. The first kappa shape index (κ1) is 17.4. The predicted molar refractivity (Wildman–Crippen MR) is 97.3 cm³/mol. The minimum absolute atomic E-state index is 0.171. The lowest BCUT2D eigenvalue weighted by Gasteiger charge is -2.12. The van der Waals surface area contributed by atoms with Crippen molar-refractivity contribution in [3.63, 3.8) is 0 Å². The Kier molecular flexibility index (Phi) is 5.35. The van der Waals surface area contributed by atoms with Crippen LogP contribution in [-0.2, 0) is 11.2 Å². The molecule has 0 atom stereocenters. The summed E-state index contributed by atoms with van der Waals surface area (Å²) in [6.45, 7) is 1.86. The summed E-state index contributed by atoms with van der Waals surface area (Å²) in [5.41, 5.74) is 2.35. The number of aryl methyl sites for hydroxylation is 2. The van der Waals surface area contributed by atoms with Gasteiger partial charge in [-0.25, -0.2) is 0 Å². The van der Waals surface area contributed by atoms with Gasteiger partial charge in [0.2, 0.25) is 17.6 Å². The van der Waals surface area contributed by atoms with Crippen molar-refractivity contribution in [3.8, 4) is 17.1 Å². The molecular formula is C17H16ClN3O3S. The number of ether oxygens (including phenoxy) is 1. The average Bonchev–Trinajstić information content (AvgIpc) is 3.27. The van der Waals surface area contributed by atoms with Crippen LogP contribution in [-0.4, -0.2) is 23.2 Å². The molecule has 8 heteroatoms. The van der Waals surface area contributed by atoms with Gasteiger partial charge in [-0.1, -0.05) is 16.8 Å². The molecule has 1 N–H and O–H groups in total. The summed E-state index contributed by atoms with van der Waals surface area (Å²) in [5, 5.41) is 11.2. The molecule has 2 aromatic heterocycles. The van der Waals surface area contributed by atoms with Crippen LogP contribution in [0.1, 0.15) is 17.9 Å². The second-order valence-electron chi connectivity index (χ2n) is 5.37. The fourth-order valence-corrected chi connectivity index (χ4v) is 3.02. The van der Waals surface area contributed by atoms with E-state index in [0.717, 1.165) is 11.1 Å². The fraction of sp³-hybridized carbons (Fsp3) is 0.235. The van der Waals surface area contributed by atoms with E-state index < -0.39 is 0 Å². The molecule has 0 saturated carbocycles. The first-order chi connectivity index (χ1) is 12.1. The number of carbonyl (C=O) groups excluding carboxylic acids is 1. The molecule has 0 saturated heterocycles. The number of rotatable bonds is 6. The van der Waals surface area contributed by atoms with Gasteiger partial charge in [-0.3, -0.25) is 4.79 Å². The minimum atomic E-state index is -0.171. The molecule has 0 radical (unpaired) electrons. The predicted octanol–water partition coefficient (Wildman–Crippen LogP) is 4.34. The van der Waals surface area contributed by atoms with Crippen molar-refractivity contribution >= 4 is 34.5 Å². The number of aromatic nitrogens is 2. The third kappa shape index (κ3) is 4.18. The lowest BCUT2D eigenvalue weighted by molar-refractivity contribution is -0.116. The number of anilines is 1. The summed E-state index contributed by atoms with van der Waals surface area (Å²) < 4.78 is 10.4. The Bertz CT molecular complexity index is 877. The van der Waals surface area contributed by atoms with Crippen LogP contribution in [0.4, 0.5) is 5.69 Å². The maximum Gasteiger partial charge on any atom is 0.227 e. The van der Waals surface area contributed by atoms with Crippen molar-refractivity contribution in [1.82, 2.24) is 10.1 Å². The van der Waals surface area contributed by atoms with Gasteiger partial charge >= 0.3 is 0 Å².